The SMILES string of the molecule is CCc1ccc(Oc2ccc(C(=O)O)cc2F)cc1. The quantitative estimate of drug-likeness (QED) is 0.907. The summed E-state index contributed by atoms with van der Waals surface area (Å²) < 4.78 is 19.0. The maximum atomic E-state index is 13.7. The molecule has 2 rings (SSSR count). The van der Waals surface area contributed by atoms with Gasteiger partial charge in [0.05, 0.1) is 5.56 Å². The number of hydrogen-bond donors (Lipinski definition) is 1. The van der Waals surface area contributed by atoms with E-state index in [-0.39, 0.29) is 11.3 Å². The molecule has 0 saturated heterocycles. The molecule has 2 aromatic carbocycles. The zero-order valence-electron chi connectivity index (χ0n) is 10.4. The van der Waals surface area contributed by atoms with Crippen molar-refractivity contribution >= 4 is 5.97 Å². The fraction of sp³-hybridized carbons (Fsp3) is 0.133. The number of rotatable bonds is 4. The van der Waals surface area contributed by atoms with E-state index in [0.29, 0.717) is 5.75 Å². The monoisotopic (exact) mass is 260 g/mol. The second-order valence-corrected chi connectivity index (χ2v) is 4.05. The molecule has 0 aliphatic heterocycles. The average Bonchev–Trinajstić information content (AvgIpc) is 2.41. The lowest BCUT2D eigenvalue weighted by molar-refractivity contribution is 0.0696. The molecule has 0 bridgehead atoms. The number of carboxylic acid groups (broad SMARTS) is 1. The molecule has 0 aliphatic rings. The Bertz CT molecular complexity index is 591. The van der Waals surface area contributed by atoms with Crippen LogP contribution < -0.4 is 4.74 Å². The number of hydrogen-bond acceptors (Lipinski definition) is 2. The van der Waals surface area contributed by atoms with E-state index in [1.54, 1.807) is 12.1 Å². The molecule has 4 heteroatoms. The van der Waals surface area contributed by atoms with Gasteiger partial charge in [0.1, 0.15) is 5.75 Å². The Morgan fingerprint density at radius 3 is 2.42 bits per heavy atom. The molecule has 0 radical (unpaired) electrons. The average molecular weight is 260 g/mol. The molecular formula is C15H13FO3. The van der Waals surface area contributed by atoms with Gasteiger partial charge in [-0.3, -0.25) is 0 Å². The highest BCUT2D eigenvalue weighted by Gasteiger charge is 2.09. The van der Waals surface area contributed by atoms with Crippen LogP contribution in [-0.2, 0) is 6.42 Å². The van der Waals surface area contributed by atoms with Crippen LogP contribution in [-0.4, -0.2) is 11.1 Å². The molecule has 0 atom stereocenters. The summed E-state index contributed by atoms with van der Waals surface area (Å²) in [6, 6.07) is 10.9. The number of aryl methyl sites for hydroxylation is 1. The normalized spacial score (nSPS) is 10.2. The lowest BCUT2D eigenvalue weighted by atomic mass is 10.2. The molecule has 0 saturated carbocycles. The summed E-state index contributed by atoms with van der Waals surface area (Å²) in [7, 11) is 0. The van der Waals surface area contributed by atoms with Gasteiger partial charge in [-0.25, -0.2) is 9.18 Å². The first kappa shape index (κ1) is 13.1. The second kappa shape index (κ2) is 5.52. The van der Waals surface area contributed by atoms with Crippen LogP contribution in [0.1, 0.15) is 22.8 Å². The molecule has 98 valence electrons. The van der Waals surface area contributed by atoms with E-state index in [2.05, 4.69) is 0 Å². The molecule has 19 heavy (non-hydrogen) atoms. The van der Waals surface area contributed by atoms with Crippen molar-refractivity contribution in [3.8, 4) is 11.5 Å². The Balaban J connectivity index is 2.20. The third-order valence-corrected chi connectivity index (χ3v) is 2.74. The van der Waals surface area contributed by atoms with Crippen molar-refractivity contribution in [3.63, 3.8) is 0 Å². The van der Waals surface area contributed by atoms with Gasteiger partial charge in [0, 0.05) is 0 Å². The highest BCUT2D eigenvalue weighted by molar-refractivity contribution is 5.87. The highest BCUT2D eigenvalue weighted by atomic mass is 19.1. The van der Waals surface area contributed by atoms with Crippen LogP contribution in [0.4, 0.5) is 4.39 Å². The summed E-state index contributed by atoms with van der Waals surface area (Å²) in [5, 5.41) is 8.74. The van der Waals surface area contributed by atoms with Gasteiger partial charge in [0.15, 0.2) is 11.6 Å². The molecule has 0 aliphatic carbocycles. The van der Waals surface area contributed by atoms with Crippen molar-refractivity contribution in [1.29, 1.82) is 0 Å². The van der Waals surface area contributed by atoms with Gasteiger partial charge in [0.25, 0.3) is 0 Å². The number of benzene rings is 2. The van der Waals surface area contributed by atoms with E-state index in [0.717, 1.165) is 18.1 Å². The molecule has 0 aromatic heterocycles. The highest BCUT2D eigenvalue weighted by Crippen LogP contribution is 2.25. The smallest absolute Gasteiger partial charge is 0.335 e. The van der Waals surface area contributed by atoms with E-state index in [1.165, 1.54) is 12.1 Å². The van der Waals surface area contributed by atoms with Gasteiger partial charge in [-0.1, -0.05) is 19.1 Å². The van der Waals surface area contributed by atoms with Crippen molar-refractivity contribution < 1.29 is 19.0 Å². The Morgan fingerprint density at radius 1 is 1.21 bits per heavy atom. The largest absolute Gasteiger partial charge is 0.478 e. The summed E-state index contributed by atoms with van der Waals surface area (Å²) >= 11 is 0. The summed E-state index contributed by atoms with van der Waals surface area (Å²) in [4.78, 5) is 10.7. The van der Waals surface area contributed by atoms with Gasteiger partial charge in [-0.05, 0) is 42.3 Å². The van der Waals surface area contributed by atoms with E-state index >= 15 is 0 Å². The second-order valence-electron chi connectivity index (χ2n) is 4.05. The number of halogens is 1. The molecule has 1 N–H and O–H groups in total. The Labute approximate surface area is 110 Å². The van der Waals surface area contributed by atoms with E-state index in [9.17, 15) is 9.18 Å². The number of carboxylic acids is 1. The van der Waals surface area contributed by atoms with E-state index < -0.39 is 11.8 Å². The summed E-state index contributed by atoms with van der Waals surface area (Å²) in [6.07, 6.45) is 0.919. The van der Waals surface area contributed by atoms with Crippen LogP contribution in [0.2, 0.25) is 0 Å². The molecule has 0 amide bonds. The minimum atomic E-state index is -1.17. The van der Waals surface area contributed by atoms with Crippen molar-refractivity contribution in [1.82, 2.24) is 0 Å². The fourth-order valence-electron chi connectivity index (χ4n) is 1.64. The van der Waals surface area contributed by atoms with Crippen molar-refractivity contribution in [3.05, 3.63) is 59.4 Å². The molecule has 2 aromatic rings. The maximum absolute atomic E-state index is 13.7. The lowest BCUT2D eigenvalue weighted by Gasteiger charge is -2.07. The Morgan fingerprint density at radius 2 is 1.89 bits per heavy atom. The molecular weight excluding hydrogens is 247 g/mol. The van der Waals surface area contributed by atoms with E-state index in [4.69, 9.17) is 9.84 Å². The third kappa shape index (κ3) is 3.10. The summed E-state index contributed by atoms with van der Waals surface area (Å²) in [5.41, 5.74) is 1.06. The first-order chi connectivity index (χ1) is 9.10. The van der Waals surface area contributed by atoms with Gasteiger partial charge < -0.3 is 9.84 Å². The molecule has 0 unspecified atom stereocenters. The zero-order valence-corrected chi connectivity index (χ0v) is 10.4. The van der Waals surface area contributed by atoms with Gasteiger partial charge >= 0.3 is 5.97 Å². The standard InChI is InChI=1S/C15H13FO3/c1-2-10-3-6-12(7-4-10)19-14-8-5-11(15(17)18)9-13(14)16/h3-9H,2H2,1H3,(H,17,18). The molecule has 0 spiro atoms. The fourth-order valence-corrected chi connectivity index (χ4v) is 1.64. The predicted molar refractivity (Wildman–Crippen MR) is 69.3 cm³/mol. The summed E-state index contributed by atoms with van der Waals surface area (Å²) in [5.74, 6) is -1.34. The van der Waals surface area contributed by atoms with Crippen LogP contribution in [0, 0.1) is 5.82 Å². The molecule has 3 nitrogen and oxygen atoms in total. The zero-order chi connectivity index (χ0) is 13.8. The number of aromatic carboxylic acids is 1. The molecule has 0 heterocycles. The third-order valence-electron chi connectivity index (χ3n) is 2.74. The summed E-state index contributed by atoms with van der Waals surface area (Å²) in [6.45, 7) is 2.04. The lowest BCUT2D eigenvalue weighted by Crippen LogP contribution is -1.98. The van der Waals surface area contributed by atoms with Crippen molar-refractivity contribution in [2.24, 2.45) is 0 Å². The molecule has 0 fully saturated rings. The Hall–Kier alpha value is -2.36. The minimum Gasteiger partial charge on any atom is -0.478 e. The van der Waals surface area contributed by atoms with Crippen molar-refractivity contribution in [2.75, 3.05) is 0 Å². The first-order valence-electron chi connectivity index (χ1n) is 5.90. The van der Waals surface area contributed by atoms with Crippen LogP contribution in [0.3, 0.4) is 0 Å². The van der Waals surface area contributed by atoms with Crippen LogP contribution in [0.5, 0.6) is 11.5 Å². The predicted octanol–water partition coefficient (Wildman–Crippen LogP) is 3.88. The first-order valence-corrected chi connectivity index (χ1v) is 5.90. The van der Waals surface area contributed by atoms with Crippen molar-refractivity contribution in [2.45, 2.75) is 13.3 Å². The maximum Gasteiger partial charge on any atom is 0.335 e. The van der Waals surface area contributed by atoms with Crippen LogP contribution in [0.25, 0.3) is 0 Å². The van der Waals surface area contributed by atoms with E-state index in [1.807, 2.05) is 19.1 Å². The number of ether oxygens (including phenoxy) is 1. The topological polar surface area (TPSA) is 46.5 Å². The van der Waals surface area contributed by atoms with Crippen LogP contribution >= 0.6 is 0 Å². The van der Waals surface area contributed by atoms with Gasteiger partial charge in [0.2, 0.25) is 0 Å². The van der Waals surface area contributed by atoms with Gasteiger partial charge in [-0.2, -0.15) is 0 Å². The Kier molecular flexibility index (Phi) is 3.80. The van der Waals surface area contributed by atoms with Crippen LogP contribution in [0.15, 0.2) is 42.5 Å². The minimum absolute atomic E-state index is 0.00856. The van der Waals surface area contributed by atoms with Gasteiger partial charge in [-0.15, -0.1) is 0 Å². The number of carbonyl (C=O) groups is 1.